The third kappa shape index (κ3) is 1.66. The van der Waals surface area contributed by atoms with Gasteiger partial charge in [0.1, 0.15) is 4.60 Å². The Kier molecular flexibility index (Phi) is 2.78. The normalized spacial score (nSPS) is 15.4. The van der Waals surface area contributed by atoms with Gasteiger partial charge in [0.15, 0.2) is 18.2 Å². The van der Waals surface area contributed by atoms with Gasteiger partial charge in [-0.25, -0.2) is 8.96 Å². The van der Waals surface area contributed by atoms with E-state index in [1.807, 2.05) is 4.90 Å². The summed E-state index contributed by atoms with van der Waals surface area (Å²) >= 11 is 3.02. The number of hydrogen-bond donors (Lipinski definition) is 0. The molecule has 0 saturated carbocycles. The summed E-state index contributed by atoms with van der Waals surface area (Å²) < 4.78 is 13.7. The molecule has 0 N–H and O–H groups in total. The summed E-state index contributed by atoms with van der Waals surface area (Å²) in [7, 11) is 0. The molecule has 0 atom stereocenters. The van der Waals surface area contributed by atoms with Crippen molar-refractivity contribution in [3.8, 4) is 0 Å². The summed E-state index contributed by atoms with van der Waals surface area (Å²) in [5.74, 6) is 0.316. The van der Waals surface area contributed by atoms with Crippen LogP contribution in [-0.2, 0) is 0 Å². The molecule has 0 amide bonds. The van der Waals surface area contributed by atoms with E-state index in [9.17, 15) is 8.68 Å². The first-order chi connectivity index (χ1) is 6.72. The van der Waals surface area contributed by atoms with Gasteiger partial charge in [-0.05, 0) is 22.4 Å². The number of halogens is 2. The molecule has 2 heterocycles. The Bertz CT molecular complexity index is 406. The van der Waals surface area contributed by atoms with Crippen molar-refractivity contribution >= 4 is 34.1 Å². The first-order valence-electron chi connectivity index (χ1n) is 4.05. The topological polar surface area (TPSA) is 38.1 Å². The molecule has 1 aliphatic heterocycles. The van der Waals surface area contributed by atoms with Gasteiger partial charge < -0.3 is 4.90 Å². The lowest BCUT2D eigenvalue weighted by Gasteiger charge is -2.31. The molecule has 4 nitrogen and oxygen atoms in total. The Morgan fingerprint density at radius 1 is 1.57 bits per heavy atom. The van der Waals surface area contributed by atoms with E-state index >= 15 is 0 Å². The monoisotopic (exact) mass is 279 g/mol. The van der Waals surface area contributed by atoms with E-state index in [1.54, 1.807) is 0 Å². The van der Waals surface area contributed by atoms with E-state index in [0.717, 1.165) is 23.5 Å². The highest BCUT2D eigenvalue weighted by molar-refractivity contribution is 9.10. The molecule has 0 radical (unpaired) electrons. The van der Waals surface area contributed by atoms with Crippen LogP contribution in [0.5, 0.6) is 0 Å². The number of rotatable bonds is 2. The number of anilines is 1. The van der Waals surface area contributed by atoms with Gasteiger partial charge in [0.25, 0.3) is 0 Å². The lowest BCUT2D eigenvalue weighted by Crippen LogP contribution is -2.42. The van der Waals surface area contributed by atoms with E-state index in [1.165, 1.54) is 6.20 Å². The van der Waals surface area contributed by atoms with Crippen molar-refractivity contribution in [2.45, 2.75) is 6.42 Å². The third-order valence-electron chi connectivity index (χ3n) is 2.06. The molecule has 14 heavy (non-hydrogen) atoms. The summed E-state index contributed by atoms with van der Waals surface area (Å²) in [5, 5.41) is 0. The van der Waals surface area contributed by atoms with Gasteiger partial charge in [-0.1, -0.05) is 0 Å². The highest BCUT2D eigenvalue weighted by Crippen LogP contribution is 2.18. The fourth-order valence-electron chi connectivity index (χ4n) is 1.22. The van der Waals surface area contributed by atoms with Crippen LogP contribution in [-0.4, -0.2) is 22.0 Å². The van der Waals surface area contributed by atoms with Gasteiger partial charge in [0.05, 0.1) is 6.20 Å². The number of aromatic nitrogens is 2. The number of nitrogens with zero attached hydrogens (tertiary/aromatic N) is 3. The second-order valence-corrected chi connectivity index (χ2v) is 4.27. The predicted octanol–water partition coefficient (Wildman–Crippen LogP) is 1.60. The summed E-state index contributed by atoms with van der Waals surface area (Å²) in [6, 6.07) is 0. The lowest BCUT2D eigenvalue weighted by molar-refractivity contribution is 0.604. The van der Waals surface area contributed by atoms with E-state index in [4.69, 9.17) is 0 Å². The van der Waals surface area contributed by atoms with Crippen molar-refractivity contribution in [3.63, 3.8) is 0 Å². The van der Waals surface area contributed by atoms with Crippen LogP contribution in [0.4, 0.5) is 9.70 Å². The summed E-state index contributed by atoms with van der Waals surface area (Å²) in [6.07, 6.45) is 2.37. The van der Waals surface area contributed by atoms with Gasteiger partial charge in [0, 0.05) is 13.1 Å². The Morgan fingerprint density at radius 2 is 2.29 bits per heavy atom. The Morgan fingerprint density at radius 3 is 2.79 bits per heavy atom. The zero-order valence-electron chi connectivity index (χ0n) is 7.11. The fourth-order valence-corrected chi connectivity index (χ4v) is 2.01. The van der Waals surface area contributed by atoms with Crippen molar-refractivity contribution in [1.29, 1.82) is 0 Å². The summed E-state index contributed by atoms with van der Waals surface area (Å²) in [6.45, 7) is 1.63. The van der Waals surface area contributed by atoms with Crippen molar-refractivity contribution in [2.24, 2.45) is 0 Å². The molecule has 0 unspecified atom stereocenters. The molecule has 0 spiro atoms. The molecule has 1 aromatic heterocycles. The molecular formula is C7H7BrFN3OS. The van der Waals surface area contributed by atoms with Gasteiger partial charge in [0.2, 0.25) is 0 Å². The average molecular weight is 280 g/mol. The first-order valence-corrected chi connectivity index (χ1v) is 5.52. The van der Waals surface area contributed by atoms with Crippen LogP contribution in [0.1, 0.15) is 6.42 Å². The fraction of sp³-hybridized carbons (Fsp3) is 0.429. The van der Waals surface area contributed by atoms with Crippen LogP contribution in [0, 0.1) is 0 Å². The minimum atomic E-state index is -0.402. The Hall–Kier alpha value is -0.560. The molecule has 0 aromatic carbocycles. The van der Waals surface area contributed by atoms with Crippen LogP contribution >= 0.6 is 28.3 Å². The maximum atomic E-state index is 12.3. The molecule has 0 bridgehead atoms. The largest absolute Gasteiger partial charge is 0.352 e. The molecule has 1 aromatic rings. The number of hydrogen-bond acceptors (Lipinski definition) is 4. The average Bonchev–Trinajstić information content (AvgIpc) is 2.07. The minimum Gasteiger partial charge on any atom is -0.352 e. The molecule has 1 aliphatic rings. The highest BCUT2D eigenvalue weighted by atomic mass is 79.9. The second-order valence-electron chi connectivity index (χ2n) is 2.93. The lowest BCUT2D eigenvalue weighted by atomic mass is 10.2. The predicted molar refractivity (Wildman–Crippen MR) is 57.1 cm³/mol. The zero-order chi connectivity index (χ0) is 10.1. The van der Waals surface area contributed by atoms with Crippen LogP contribution in [0.15, 0.2) is 15.6 Å². The Labute approximate surface area is 92.7 Å². The molecule has 76 valence electrons. The van der Waals surface area contributed by atoms with Crippen LogP contribution in [0.3, 0.4) is 0 Å². The van der Waals surface area contributed by atoms with Gasteiger partial charge >= 0.3 is 5.56 Å². The highest BCUT2D eigenvalue weighted by Gasteiger charge is 2.20. The zero-order valence-corrected chi connectivity index (χ0v) is 9.52. The maximum absolute atomic E-state index is 12.3. The Balaban J connectivity index is 2.47. The van der Waals surface area contributed by atoms with Crippen LogP contribution in [0.25, 0.3) is 0 Å². The molecule has 1 saturated heterocycles. The van der Waals surface area contributed by atoms with Gasteiger partial charge in [-0.15, -0.1) is 3.89 Å². The molecule has 7 heteroatoms. The van der Waals surface area contributed by atoms with Crippen LogP contribution in [0.2, 0.25) is 0 Å². The summed E-state index contributed by atoms with van der Waals surface area (Å²) in [4.78, 5) is 17.4. The van der Waals surface area contributed by atoms with Crippen molar-refractivity contribution in [1.82, 2.24) is 8.96 Å². The van der Waals surface area contributed by atoms with E-state index in [-0.39, 0.29) is 12.3 Å². The molecule has 1 fully saturated rings. The molecule has 0 aliphatic carbocycles. The van der Waals surface area contributed by atoms with E-state index < -0.39 is 5.56 Å². The maximum Gasteiger partial charge on any atom is 0.305 e. The van der Waals surface area contributed by atoms with Crippen molar-refractivity contribution in [3.05, 3.63) is 21.2 Å². The first kappa shape index (κ1) is 9.97. The minimum absolute atomic E-state index is 0.117. The van der Waals surface area contributed by atoms with Crippen LogP contribution < -0.4 is 10.5 Å². The van der Waals surface area contributed by atoms with E-state index in [0.29, 0.717) is 10.4 Å². The van der Waals surface area contributed by atoms with Crippen molar-refractivity contribution in [2.75, 3.05) is 18.0 Å². The smallest absolute Gasteiger partial charge is 0.305 e. The summed E-state index contributed by atoms with van der Waals surface area (Å²) in [5.41, 5.74) is -0.402. The molecule has 2 rings (SSSR count). The molecular weight excluding hydrogens is 273 g/mol. The quantitative estimate of drug-likeness (QED) is 0.824. The standard InChI is InChI=1S/C7H7BrFN3OS/c8-5-4-12(14-9)7(13)6(10-5)11-2-1-3-11/h4H,1-3H2. The third-order valence-corrected chi connectivity index (χ3v) is 2.86. The van der Waals surface area contributed by atoms with E-state index in [2.05, 4.69) is 20.9 Å². The van der Waals surface area contributed by atoms with Gasteiger partial charge in [-0.3, -0.25) is 4.79 Å². The van der Waals surface area contributed by atoms with Crippen molar-refractivity contribution < 1.29 is 3.89 Å². The van der Waals surface area contributed by atoms with Gasteiger partial charge in [-0.2, -0.15) is 0 Å². The second kappa shape index (κ2) is 3.90. The SMILES string of the molecule is O=c1c(N2CCC2)nc(Br)cn1SF.